The lowest BCUT2D eigenvalue weighted by Gasteiger charge is -2.27. The SMILES string of the molecule is COc1ccnc(C(=O)N[C@@H](C)C(=O)O[C@@H](C)[C@H](Oc2ccccc2Cl)c2ccccc2)c1OCOC(C)=O. The first-order chi connectivity index (χ1) is 18.7. The van der Waals surface area contributed by atoms with Crippen LogP contribution in [0, 0.1) is 0 Å². The third kappa shape index (κ3) is 8.08. The topological polar surface area (TPSA) is 122 Å². The molecule has 0 aliphatic heterocycles. The van der Waals surface area contributed by atoms with E-state index < -0.39 is 42.9 Å². The molecule has 0 bridgehead atoms. The van der Waals surface area contributed by atoms with Gasteiger partial charge < -0.3 is 29.0 Å². The van der Waals surface area contributed by atoms with Gasteiger partial charge in [0, 0.05) is 19.2 Å². The number of carbonyl (C=O) groups is 3. The van der Waals surface area contributed by atoms with Crippen molar-refractivity contribution in [2.24, 2.45) is 0 Å². The molecular formula is C28H29ClN2O8. The zero-order valence-electron chi connectivity index (χ0n) is 21.9. The molecule has 10 nitrogen and oxygen atoms in total. The molecule has 11 heteroatoms. The van der Waals surface area contributed by atoms with E-state index >= 15 is 0 Å². The van der Waals surface area contributed by atoms with Gasteiger partial charge in [0.2, 0.25) is 6.79 Å². The van der Waals surface area contributed by atoms with Crippen LogP contribution in [0.3, 0.4) is 0 Å². The van der Waals surface area contributed by atoms with Gasteiger partial charge in [-0.2, -0.15) is 0 Å². The van der Waals surface area contributed by atoms with E-state index in [0.717, 1.165) is 5.56 Å². The fourth-order valence-electron chi connectivity index (χ4n) is 3.49. The third-order valence-electron chi connectivity index (χ3n) is 5.42. The molecule has 0 saturated heterocycles. The molecule has 2 aromatic carbocycles. The first-order valence-corrected chi connectivity index (χ1v) is 12.4. The number of pyridine rings is 1. The highest BCUT2D eigenvalue weighted by Gasteiger charge is 2.29. The van der Waals surface area contributed by atoms with Crippen LogP contribution in [-0.2, 0) is 19.1 Å². The van der Waals surface area contributed by atoms with Gasteiger partial charge in [-0.25, -0.2) is 9.78 Å². The number of nitrogens with one attached hydrogen (secondary N) is 1. The molecular weight excluding hydrogens is 528 g/mol. The van der Waals surface area contributed by atoms with E-state index in [1.54, 1.807) is 31.2 Å². The predicted molar refractivity (Wildman–Crippen MR) is 142 cm³/mol. The Kier molecular flexibility index (Phi) is 10.5. The molecule has 0 aliphatic rings. The van der Waals surface area contributed by atoms with Crippen molar-refractivity contribution in [3.63, 3.8) is 0 Å². The molecule has 0 radical (unpaired) electrons. The highest BCUT2D eigenvalue weighted by molar-refractivity contribution is 6.32. The van der Waals surface area contributed by atoms with Crippen LogP contribution in [0.1, 0.15) is 42.9 Å². The van der Waals surface area contributed by atoms with Crippen molar-refractivity contribution in [1.82, 2.24) is 10.3 Å². The first-order valence-electron chi connectivity index (χ1n) is 12.0. The van der Waals surface area contributed by atoms with Gasteiger partial charge in [0.25, 0.3) is 5.91 Å². The van der Waals surface area contributed by atoms with Gasteiger partial charge in [-0.15, -0.1) is 0 Å². The Hall–Kier alpha value is -4.31. The van der Waals surface area contributed by atoms with Crippen LogP contribution in [0.4, 0.5) is 0 Å². The molecule has 1 aromatic heterocycles. The molecule has 0 spiro atoms. The molecule has 0 saturated carbocycles. The summed E-state index contributed by atoms with van der Waals surface area (Å²) in [5.41, 5.74) is 0.600. The van der Waals surface area contributed by atoms with Crippen molar-refractivity contribution in [2.75, 3.05) is 13.9 Å². The van der Waals surface area contributed by atoms with Gasteiger partial charge >= 0.3 is 11.9 Å². The van der Waals surface area contributed by atoms with Crippen molar-refractivity contribution in [3.05, 3.63) is 83.1 Å². The second kappa shape index (κ2) is 14.0. The molecule has 3 atom stereocenters. The van der Waals surface area contributed by atoms with Gasteiger partial charge in [-0.3, -0.25) is 9.59 Å². The summed E-state index contributed by atoms with van der Waals surface area (Å²) in [6.07, 6.45) is -0.0963. The lowest BCUT2D eigenvalue weighted by atomic mass is 10.0. The van der Waals surface area contributed by atoms with Crippen LogP contribution in [0.25, 0.3) is 0 Å². The zero-order chi connectivity index (χ0) is 28.4. The van der Waals surface area contributed by atoms with Gasteiger partial charge in [0.15, 0.2) is 23.3 Å². The Bertz CT molecular complexity index is 1290. The minimum absolute atomic E-state index is 0.0510. The molecule has 0 fully saturated rings. The number of benzene rings is 2. The maximum atomic E-state index is 13.0. The van der Waals surface area contributed by atoms with Crippen LogP contribution in [0.2, 0.25) is 5.02 Å². The minimum Gasteiger partial charge on any atom is -0.493 e. The van der Waals surface area contributed by atoms with Crippen LogP contribution in [0.5, 0.6) is 17.2 Å². The second-order valence-electron chi connectivity index (χ2n) is 8.31. The van der Waals surface area contributed by atoms with Gasteiger partial charge in [0.05, 0.1) is 12.1 Å². The summed E-state index contributed by atoms with van der Waals surface area (Å²) in [5.74, 6) is -1.43. The third-order valence-corrected chi connectivity index (χ3v) is 5.73. The van der Waals surface area contributed by atoms with E-state index in [4.69, 9.17) is 35.3 Å². The summed E-state index contributed by atoms with van der Waals surface area (Å²) in [6, 6.07) is 16.6. The lowest BCUT2D eigenvalue weighted by molar-refractivity contribution is -0.155. The Morgan fingerprint density at radius 2 is 1.67 bits per heavy atom. The van der Waals surface area contributed by atoms with Crippen LogP contribution < -0.4 is 19.5 Å². The zero-order valence-corrected chi connectivity index (χ0v) is 22.6. The Morgan fingerprint density at radius 1 is 0.974 bits per heavy atom. The summed E-state index contributed by atoms with van der Waals surface area (Å²) in [5, 5.41) is 2.96. The number of aromatic nitrogens is 1. The summed E-state index contributed by atoms with van der Waals surface area (Å²) < 4.78 is 27.3. The molecule has 0 unspecified atom stereocenters. The second-order valence-corrected chi connectivity index (χ2v) is 8.71. The van der Waals surface area contributed by atoms with Crippen molar-refractivity contribution < 1.29 is 38.1 Å². The Labute approximate surface area is 231 Å². The number of carbonyl (C=O) groups excluding carboxylic acids is 3. The number of para-hydroxylation sites is 1. The Morgan fingerprint density at radius 3 is 2.33 bits per heavy atom. The summed E-state index contributed by atoms with van der Waals surface area (Å²) in [6.45, 7) is 3.91. The minimum atomic E-state index is -1.06. The van der Waals surface area contributed by atoms with Crippen molar-refractivity contribution in [1.29, 1.82) is 0 Å². The molecule has 1 N–H and O–H groups in total. The lowest BCUT2D eigenvalue weighted by Crippen LogP contribution is -2.42. The smallest absolute Gasteiger partial charge is 0.328 e. The molecule has 39 heavy (non-hydrogen) atoms. The number of halogens is 1. The highest BCUT2D eigenvalue weighted by Crippen LogP contribution is 2.32. The van der Waals surface area contributed by atoms with E-state index in [-0.39, 0.29) is 17.2 Å². The van der Waals surface area contributed by atoms with Crippen LogP contribution >= 0.6 is 11.6 Å². The fourth-order valence-corrected chi connectivity index (χ4v) is 3.67. The number of hydrogen-bond donors (Lipinski definition) is 1. The summed E-state index contributed by atoms with van der Waals surface area (Å²) >= 11 is 6.28. The van der Waals surface area contributed by atoms with Gasteiger partial charge in [-0.05, 0) is 31.5 Å². The van der Waals surface area contributed by atoms with Gasteiger partial charge in [-0.1, -0.05) is 54.1 Å². The van der Waals surface area contributed by atoms with E-state index in [9.17, 15) is 14.4 Å². The number of rotatable bonds is 12. The van der Waals surface area contributed by atoms with Gasteiger partial charge in [0.1, 0.15) is 17.9 Å². The standard InChI is InChI=1S/C28H29ClN2O8/c1-17(31-27(33)24-26(37-16-36-19(3)32)23(35-4)14-15-30-24)28(34)38-18(2)25(20-10-6-5-7-11-20)39-22-13-9-8-12-21(22)29/h5-15,17-18,25H,16H2,1-4H3,(H,31,33)/t17-,18-,25-/m0/s1. The number of nitrogens with zero attached hydrogens (tertiary/aromatic N) is 1. The Balaban J connectivity index is 1.72. The number of hydrogen-bond acceptors (Lipinski definition) is 9. The molecule has 0 aliphatic carbocycles. The highest BCUT2D eigenvalue weighted by atomic mass is 35.5. The number of methoxy groups -OCH3 is 1. The van der Waals surface area contributed by atoms with Crippen molar-refractivity contribution in [3.8, 4) is 17.2 Å². The molecule has 1 amide bonds. The maximum absolute atomic E-state index is 13.0. The monoisotopic (exact) mass is 556 g/mol. The summed E-state index contributed by atoms with van der Waals surface area (Å²) in [7, 11) is 1.38. The van der Waals surface area contributed by atoms with Crippen molar-refractivity contribution in [2.45, 2.75) is 39.0 Å². The quantitative estimate of drug-likeness (QED) is 0.253. The van der Waals surface area contributed by atoms with E-state index in [0.29, 0.717) is 10.8 Å². The van der Waals surface area contributed by atoms with E-state index in [2.05, 4.69) is 10.3 Å². The molecule has 1 heterocycles. The normalized spacial score (nSPS) is 12.8. The predicted octanol–water partition coefficient (Wildman–Crippen LogP) is 4.51. The fraction of sp³-hybridized carbons (Fsp3) is 0.286. The van der Waals surface area contributed by atoms with E-state index in [1.807, 2.05) is 30.3 Å². The molecule has 3 aromatic rings. The number of esters is 2. The number of amides is 1. The average Bonchev–Trinajstić information content (AvgIpc) is 2.92. The largest absolute Gasteiger partial charge is 0.493 e. The van der Waals surface area contributed by atoms with Crippen LogP contribution in [-0.4, -0.2) is 48.9 Å². The maximum Gasteiger partial charge on any atom is 0.328 e. The number of ether oxygens (including phenoxy) is 5. The van der Waals surface area contributed by atoms with E-state index in [1.165, 1.54) is 33.2 Å². The summed E-state index contributed by atoms with van der Waals surface area (Å²) in [4.78, 5) is 41.1. The van der Waals surface area contributed by atoms with Crippen LogP contribution in [0.15, 0.2) is 66.9 Å². The van der Waals surface area contributed by atoms with Crippen molar-refractivity contribution >= 4 is 29.4 Å². The molecule has 3 rings (SSSR count). The first kappa shape index (κ1) is 29.2. The molecule has 206 valence electrons. The average molecular weight is 557 g/mol.